The van der Waals surface area contributed by atoms with E-state index in [1.54, 1.807) is 63.2 Å². The molecule has 2 atom stereocenters. The molecule has 5 rings (SSSR count). The molecule has 238 valence electrons. The number of likely N-dealkylation sites (N-methyl/N-ethyl adjacent to an activating group) is 1. The average molecular weight is 657 g/mol. The number of nitrogens with one attached hydrogen (secondary N) is 1. The number of benzene rings is 3. The average Bonchev–Trinajstić information content (AvgIpc) is 3.49. The van der Waals surface area contributed by atoms with Crippen LogP contribution in [0.5, 0.6) is 5.75 Å². The molecular formula is C33H35ClF2N4O4S. The fraction of sp³-hybridized carbons (Fsp3) is 0.333. The van der Waals surface area contributed by atoms with Gasteiger partial charge in [0.25, 0.3) is 0 Å². The Morgan fingerprint density at radius 3 is 2.56 bits per heavy atom. The largest absolute Gasteiger partial charge is 0.488 e. The van der Waals surface area contributed by atoms with Crippen molar-refractivity contribution in [1.82, 2.24) is 14.3 Å². The van der Waals surface area contributed by atoms with E-state index in [0.717, 1.165) is 0 Å². The van der Waals surface area contributed by atoms with Gasteiger partial charge in [0.2, 0.25) is 10.0 Å². The van der Waals surface area contributed by atoms with Gasteiger partial charge >= 0.3 is 0 Å². The number of ether oxygens (including phenoxy) is 2. The normalized spacial score (nSPS) is 17.2. The third-order valence-corrected chi connectivity index (χ3v) is 10.6. The molecule has 2 heterocycles. The van der Waals surface area contributed by atoms with Crippen molar-refractivity contribution < 1.29 is 26.7 Å². The Hall–Kier alpha value is -3.80. The summed E-state index contributed by atoms with van der Waals surface area (Å²) < 4.78 is 69.8. The number of nitrogens with zero attached hydrogens (tertiary/aromatic N) is 3. The standard InChI is InChI=1S/C33H35ClF2N4O4S/c1-5-31(40(6-2)45(41,42)21(3)4)33(13-8-14-44-33)26-17-25-29(18-28(26)36)37-20-38-32(25)39-24-11-12-30(27(34)16-24)43-19-22-9-7-10-23(35)15-22/h7-12,14-18,20-21,31H,5-6,13,19H2,1-4H3,(H,37,38,39). The van der Waals surface area contributed by atoms with Crippen molar-refractivity contribution in [3.8, 4) is 5.75 Å². The molecule has 0 aliphatic carbocycles. The SMILES string of the molecule is CCC(N(CC)S(=O)(=O)C(C)C)C1(c2cc3c(Nc4ccc(OCc5cccc(F)c5)c(Cl)c4)ncnc3cc2F)CC=CO1. The summed E-state index contributed by atoms with van der Waals surface area (Å²) in [6, 6.07) is 13.5. The maximum atomic E-state index is 16.0. The van der Waals surface area contributed by atoms with Crippen molar-refractivity contribution in [2.75, 3.05) is 11.9 Å². The molecular weight excluding hydrogens is 622 g/mol. The Morgan fingerprint density at radius 1 is 1.11 bits per heavy atom. The van der Waals surface area contributed by atoms with Gasteiger partial charge in [-0.2, -0.15) is 4.31 Å². The van der Waals surface area contributed by atoms with E-state index in [1.807, 2.05) is 6.92 Å². The highest BCUT2D eigenvalue weighted by molar-refractivity contribution is 7.89. The second-order valence-corrected chi connectivity index (χ2v) is 13.9. The molecule has 0 saturated heterocycles. The van der Waals surface area contributed by atoms with Gasteiger partial charge in [-0.25, -0.2) is 27.2 Å². The van der Waals surface area contributed by atoms with Gasteiger partial charge in [-0.15, -0.1) is 0 Å². The summed E-state index contributed by atoms with van der Waals surface area (Å²) in [4.78, 5) is 8.70. The zero-order valence-electron chi connectivity index (χ0n) is 25.4. The number of rotatable bonds is 12. The molecule has 0 fully saturated rings. The zero-order chi connectivity index (χ0) is 32.4. The number of halogens is 3. The quantitative estimate of drug-likeness (QED) is 0.166. The maximum absolute atomic E-state index is 16.0. The van der Waals surface area contributed by atoms with Crippen LogP contribution in [0.2, 0.25) is 5.02 Å². The molecule has 1 N–H and O–H groups in total. The Morgan fingerprint density at radius 2 is 1.91 bits per heavy atom. The van der Waals surface area contributed by atoms with Crippen LogP contribution in [-0.2, 0) is 27.0 Å². The number of aromatic nitrogens is 2. The molecule has 3 aromatic carbocycles. The topological polar surface area (TPSA) is 93.7 Å². The minimum Gasteiger partial charge on any atom is -0.488 e. The van der Waals surface area contributed by atoms with Crippen LogP contribution in [0, 0.1) is 11.6 Å². The molecule has 12 heteroatoms. The molecule has 1 aromatic heterocycles. The first-order chi connectivity index (χ1) is 21.5. The van der Waals surface area contributed by atoms with E-state index in [4.69, 9.17) is 21.1 Å². The molecule has 2 unspecified atom stereocenters. The van der Waals surface area contributed by atoms with Crippen LogP contribution in [0.4, 0.5) is 20.3 Å². The number of anilines is 2. The van der Waals surface area contributed by atoms with Crippen molar-refractivity contribution >= 4 is 44.0 Å². The molecule has 0 amide bonds. The van der Waals surface area contributed by atoms with Gasteiger partial charge in [-0.1, -0.05) is 37.6 Å². The Labute approximate surface area is 267 Å². The predicted octanol–water partition coefficient (Wildman–Crippen LogP) is 7.85. The summed E-state index contributed by atoms with van der Waals surface area (Å²) >= 11 is 6.52. The molecule has 1 aliphatic rings. The van der Waals surface area contributed by atoms with Gasteiger partial charge in [-0.3, -0.25) is 0 Å². The van der Waals surface area contributed by atoms with Crippen LogP contribution in [0.1, 0.15) is 51.7 Å². The van der Waals surface area contributed by atoms with Gasteiger partial charge in [0.15, 0.2) is 5.60 Å². The van der Waals surface area contributed by atoms with Crippen molar-refractivity contribution in [1.29, 1.82) is 0 Å². The fourth-order valence-electron chi connectivity index (χ4n) is 5.74. The van der Waals surface area contributed by atoms with Crippen molar-refractivity contribution in [3.05, 3.63) is 101 Å². The van der Waals surface area contributed by atoms with Gasteiger partial charge in [0.05, 0.1) is 28.1 Å². The highest BCUT2D eigenvalue weighted by Crippen LogP contribution is 2.45. The molecule has 1 aliphatic heterocycles. The first-order valence-electron chi connectivity index (χ1n) is 14.7. The minimum atomic E-state index is -3.69. The van der Waals surface area contributed by atoms with Crippen LogP contribution in [0.3, 0.4) is 0 Å². The number of hydrogen-bond donors (Lipinski definition) is 1. The van der Waals surface area contributed by atoms with Crippen LogP contribution in [-0.4, -0.2) is 40.5 Å². The van der Waals surface area contributed by atoms with Crippen LogP contribution >= 0.6 is 11.6 Å². The second-order valence-electron chi connectivity index (χ2n) is 11.1. The van der Waals surface area contributed by atoms with E-state index in [0.29, 0.717) is 45.2 Å². The summed E-state index contributed by atoms with van der Waals surface area (Å²) in [6.07, 6.45) is 5.28. The van der Waals surface area contributed by atoms with E-state index in [-0.39, 0.29) is 31.0 Å². The van der Waals surface area contributed by atoms with E-state index >= 15 is 4.39 Å². The lowest BCUT2D eigenvalue weighted by Gasteiger charge is -2.43. The van der Waals surface area contributed by atoms with Gasteiger partial charge in [-0.05, 0) is 68.3 Å². The number of sulfonamides is 1. The first kappa shape index (κ1) is 32.6. The lowest BCUT2D eigenvalue weighted by Crippen LogP contribution is -2.54. The lowest BCUT2D eigenvalue weighted by atomic mass is 9.81. The molecule has 0 spiro atoms. The fourth-order valence-corrected chi connectivity index (χ4v) is 7.56. The number of hydrogen-bond acceptors (Lipinski definition) is 7. The molecule has 8 nitrogen and oxygen atoms in total. The molecule has 0 radical (unpaired) electrons. The van der Waals surface area contributed by atoms with Gasteiger partial charge in [0, 0.05) is 35.7 Å². The van der Waals surface area contributed by atoms with Crippen molar-refractivity contribution in [2.45, 2.75) is 64.0 Å². The summed E-state index contributed by atoms with van der Waals surface area (Å²) in [5, 5.41) is 3.41. The molecule has 4 aromatic rings. The third kappa shape index (κ3) is 6.47. The molecule has 0 bridgehead atoms. The van der Waals surface area contributed by atoms with Crippen LogP contribution in [0.15, 0.2) is 73.3 Å². The summed E-state index contributed by atoms with van der Waals surface area (Å²) in [6.45, 7) is 7.25. The van der Waals surface area contributed by atoms with Crippen LogP contribution < -0.4 is 10.1 Å². The van der Waals surface area contributed by atoms with Gasteiger partial charge < -0.3 is 14.8 Å². The lowest BCUT2D eigenvalue weighted by molar-refractivity contribution is -0.0265. The van der Waals surface area contributed by atoms with E-state index in [9.17, 15) is 12.8 Å². The monoisotopic (exact) mass is 656 g/mol. The van der Waals surface area contributed by atoms with Gasteiger partial charge in [0.1, 0.15) is 36.1 Å². The smallest absolute Gasteiger partial charge is 0.216 e. The Kier molecular flexibility index (Phi) is 9.62. The molecule has 45 heavy (non-hydrogen) atoms. The van der Waals surface area contributed by atoms with Crippen LogP contribution in [0.25, 0.3) is 10.9 Å². The number of fused-ring (bicyclic) bond motifs is 1. The van der Waals surface area contributed by atoms with Crippen molar-refractivity contribution in [3.63, 3.8) is 0 Å². The first-order valence-corrected chi connectivity index (χ1v) is 16.6. The maximum Gasteiger partial charge on any atom is 0.216 e. The summed E-state index contributed by atoms with van der Waals surface area (Å²) in [5.74, 6) is -0.104. The third-order valence-electron chi connectivity index (χ3n) is 7.96. The Balaban J connectivity index is 1.49. The van der Waals surface area contributed by atoms with E-state index < -0.39 is 32.7 Å². The second kappa shape index (κ2) is 13.3. The highest BCUT2D eigenvalue weighted by Gasteiger charge is 2.50. The zero-order valence-corrected chi connectivity index (χ0v) is 27.0. The van der Waals surface area contributed by atoms with Crippen molar-refractivity contribution in [2.24, 2.45) is 0 Å². The summed E-state index contributed by atoms with van der Waals surface area (Å²) in [5.41, 5.74) is 0.510. The summed E-state index contributed by atoms with van der Waals surface area (Å²) in [7, 11) is -3.69. The van der Waals surface area contributed by atoms with E-state index in [1.165, 1.54) is 35.1 Å². The minimum absolute atomic E-state index is 0.139. The Bertz CT molecular complexity index is 1830. The molecule has 0 saturated carbocycles. The predicted molar refractivity (Wildman–Crippen MR) is 172 cm³/mol. The van der Waals surface area contributed by atoms with E-state index in [2.05, 4.69) is 15.3 Å². The highest BCUT2D eigenvalue weighted by atomic mass is 35.5.